The third kappa shape index (κ3) is 505. The van der Waals surface area contributed by atoms with Gasteiger partial charge in [0.05, 0.1) is 0 Å². The molecule has 0 saturated heterocycles. The average molecular weight is 347 g/mol. The van der Waals surface area contributed by atoms with Gasteiger partial charge in [-0.3, -0.25) is 0 Å². The van der Waals surface area contributed by atoms with Gasteiger partial charge in [0.25, 0.3) is 0 Å². The van der Waals surface area contributed by atoms with Crippen molar-refractivity contribution >= 4 is 0 Å². The van der Waals surface area contributed by atoms with Crippen LogP contribution >= 0.6 is 0 Å². The fraction of sp³-hybridized carbons (Fsp3) is 0. The second kappa shape index (κ2) is 7.65. The fourth-order valence-electron chi connectivity index (χ4n) is 0. The molecule has 0 atom stereocenters. The molecule has 0 aromatic rings. The van der Waals surface area contributed by atoms with E-state index in [1.807, 2.05) is 0 Å². The van der Waals surface area contributed by atoms with Gasteiger partial charge < -0.3 is 11.0 Å². The molecule has 0 bridgehead atoms. The van der Waals surface area contributed by atoms with Crippen LogP contribution in [0.1, 0.15) is 0 Å². The fourth-order valence-corrected chi connectivity index (χ4v) is 0. The van der Waals surface area contributed by atoms with Crippen LogP contribution in [0.2, 0.25) is 0 Å². The monoisotopic (exact) mass is 347 g/mol. The SMILES string of the molecule is O.O.[Cu+2].[O]=[W](=[O])([O-])[O-]. The first kappa shape index (κ1) is 23.4. The summed E-state index contributed by atoms with van der Waals surface area (Å²) in [5.41, 5.74) is 0. The zero-order chi connectivity index (χ0) is 4.50. The van der Waals surface area contributed by atoms with E-state index >= 15 is 0 Å². The van der Waals surface area contributed by atoms with Gasteiger partial charge in [0.15, 0.2) is 0 Å². The van der Waals surface area contributed by atoms with Gasteiger partial charge in [-0.15, -0.1) is 0 Å². The van der Waals surface area contributed by atoms with Gasteiger partial charge >= 0.3 is 48.1 Å². The first-order chi connectivity index (χ1) is 2.00. The van der Waals surface area contributed by atoms with Crippen molar-refractivity contribution in [3.8, 4) is 0 Å². The van der Waals surface area contributed by atoms with Gasteiger partial charge in [0.1, 0.15) is 0 Å². The van der Waals surface area contributed by atoms with Crippen molar-refractivity contribution in [2.24, 2.45) is 0 Å². The third-order valence-corrected chi connectivity index (χ3v) is 0. The molecule has 8 heavy (non-hydrogen) atoms. The van der Waals surface area contributed by atoms with Crippen LogP contribution in [0.15, 0.2) is 0 Å². The average Bonchev–Trinajstić information content (AvgIpc) is 0.722. The van der Waals surface area contributed by atoms with E-state index in [1.165, 1.54) is 0 Å². The van der Waals surface area contributed by atoms with Gasteiger partial charge in [-0.1, -0.05) is 0 Å². The third-order valence-electron chi connectivity index (χ3n) is 0. The Morgan fingerprint density at radius 2 is 1.00 bits per heavy atom. The van der Waals surface area contributed by atoms with Crippen LogP contribution < -0.4 is 7.52 Å². The van der Waals surface area contributed by atoms with E-state index in [2.05, 4.69) is 0 Å². The van der Waals surface area contributed by atoms with Crippen molar-refractivity contribution in [3.05, 3.63) is 0 Å². The Labute approximate surface area is 59.3 Å². The molecule has 0 aliphatic heterocycles. The molecule has 0 fully saturated rings. The molecule has 0 aliphatic carbocycles. The summed E-state index contributed by atoms with van der Waals surface area (Å²) in [5, 5.41) is 0. The van der Waals surface area contributed by atoms with E-state index < -0.39 is 16.7 Å². The van der Waals surface area contributed by atoms with Gasteiger partial charge in [-0.25, -0.2) is 0 Å². The Bertz CT molecular complexity index is 91.7. The van der Waals surface area contributed by atoms with Gasteiger partial charge in [-0.2, -0.15) is 0 Å². The first-order valence-electron chi connectivity index (χ1n) is 0.667. The van der Waals surface area contributed by atoms with Crippen molar-refractivity contribution < 1.29 is 59.1 Å². The van der Waals surface area contributed by atoms with Gasteiger partial charge in [-0.05, 0) is 0 Å². The second-order valence-corrected chi connectivity index (χ2v) is 3.34. The maximum atomic E-state index is 8.65. The molecule has 0 unspecified atom stereocenters. The van der Waals surface area contributed by atoms with Crippen LogP contribution in [0.5, 0.6) is 0 Å². The molecule has 0 amide bonds. The Balaban J connectivity index is -0.0000000267. The topological polar surface area (TPSA) is 143 Å². The number of hydrogen-bond acceptors (Lipinski definition) is 4. The molecule has 57 valence electrons. The summed E-state index contributed by atoms with van der Waals surface area (Å²) in [7, 11) is 0. The van der Waals surface area contributed by atoms with Crippen LogP contribution in [0.4, 0.5) is 0 Å². The van der Waals surface area contributed by atoms with Gasteiger partial charge in [0, 0.05) is 0 Å². The Kier molecular flexibility index (Phi) is 22.4. The standard InChI is InChI=1S/Cu.2H2O.4O.W/h;2*1H2;;;;;/q+2;;;;;2*-1;. The van der Waals surface area contributed by atoms with E-state index in [0.717, 1.165) is 0 Å². The molecule has 0 rings (SSSR count). The minimum absolute atomic E-state index is 0. The molecule has 0 aromatic heterocycles. The van der Waals surface area contributed by atoms with E-state index in [0.29, 0.717) is 0 Å². The Morgan fingerprint density at radius 3 is 1.00 bits per heavy atom. The number of hydrogen-bond donors (Lipinski definition) is 0. The molecule has 0 heterocycles. The van der Waals surface area contributed by atoms with Gasteiger partial charge in [0.2, 0.25) is 0 Å². The molecular weight excluding hydrogens is 343 g/mol. The molecule has 0 spiro atoms. The summed E-state index contributed by atoms with van der Waals surface area (Å²) in [5.74, 6) is 0. The molecule has 0 aliphatic rings. The van der Waals surface area contributed by atoms with Crippen molar-refractivity contribution in [1.82, 2.24) is 0 Å². The van der Waals surface area contributed by atoms with E-state index in [1.54, 1.807) is 0 Å². The normalized spacial score (nSPS) is 7.25. The molecule has 8 heteroatoms. The summed E-state index contributed by atoms with van der Waals surface area (Å²) in [6.45, 7) is 0. The zero-order valence-electron chi connectivity index (χ0n) is 3.34. The molecule has 6 nitrogen and oxygen atoms in total. The van der Waals surface area contributed by atoms with Crippen LogP contribution in [0.3, 0.4) is 0 Å². The zero-order valence-corrected chi connectivity index (χ0v) is 7.22. The van der Waals surface area contributed by atoms with Crippen LogP contribution in [0, 0.1) is 0 Å². The van der Waals surface area contributed by atoms with Crippen LogP contribution in [-0.4, -0.2) is 11.0 Å². The van der Waals surface area contributed by atoms with E-state index in [-0.39, 0.29) is 28.0 Å². The van der Waals surface area contributed by atoms with E-state index in [9.17, 15) is 0 Å². The minimum atomic E-state index is -6.17. The van der Waals surface area contributed by atoms with Crippen molar-refractivity contribution in [3.63, 3.8) is 0 Å². The summed E-state index contributed by atoms with van der Waals surface area (Å²) < 4.78 is 34.6. The number of rotatable bonds is 0. The van der Waals surface area contributed by atoms with Crippen LogP contribution in [0.25, 0.3) is 0 Å². The quantitative estimate of drug-likeness (QED) is 0.409. The summed E-state index contributed by atoms with van der Waals surface area (Å²) in [6.07, 6.45) is 0. The maximum absolute atomic E-state index is 8.65. The van der Waals surface area contributed by atoms with Crippen molar-refractivity contribution in [2.75, 3.05) is 0 Å². The predicted molar refractivity (Wildman–Crippen MR) is 8.60 cm³/mol. The molecule has 0 saturated carbocycles. The first-order valence-corrected chi connectivity index (χ1v) is 5.46. The predicted octanol–water partition coefficient (Wildman–Crippen LogP) is -4.27. The summed E-state index contributed by atoms with van der Waals surface area (Å²) in [6, 6.07) is 0. The summed E-state index contributed by atoms with van der Waals surface area (Å²) in [4.78, 5) is 0. The van der Waals surface area contributed by atoms with Crippen molar-refractivity contribution in [1.29, 1.82) is 0 Å². The molecular formula is H4CuO6W. The van der Waals surface area contributed by atoms with E-state index in [4.69, 9.17) is 14.3 Å². The van der Waals surface area contributed by atoms with Crippen LogP contribution in [-0.2, 0) is 40.6 Å². The molecule has 0 aromatic carbocycles. The molecule has 1 radical (unpaired) electrons. The molecule has 4 N–H and O–H groups in total. The second-order valence-electron chi connectivity index (χ2n) is 0.408. The Morgan fingerprint density at radius 1 is 1.00 bits per heavy atom. The Hall–Kier alpha value is 0.648. The van der Waals surface area contributed by atoms with Crippen molar-refractivity contribution in [2.45, 2.75) is 0 Å². The summed E-state index contributed by atoms with van der Waals surface area (Å²) >= 11 is -6.17.